The van der Waals surface area contributed by atoms with Gasteiger partial charge in [0.05, 0.1) is 17.3 Å². The zero-order valence-electron chi connectivity index (χ0n) is 11.8. The zero-order valence-corrected chi connectivity index (χ0v) is 12.7. The van der Waals surface area contributed by atoms with E-state index in [9.17, 15) is 4.79 Å². The summed E-state index contributed by atoms with van der Waals surface area (Å²) in [6.45, 7) is 1.86. The Morgan fingerprint density at radius 2 is 2.38 bits per heavy atom. The predicted octanol–water partition coefficient (Wildman–Crippen LogP) is 2.54. The summed E-state index contributed by atoms with van der Waals surface area (Å²) >= 11 is 1.77. The minimum atomic E-state index is -0.139. The summed E-state index contributed by atoms with van der Waals surface area (Å²) in [6.07, 6.45) is 4.75. The Kier molecular flexibility index (Phi) is 3.90. The lowest BCUT2D eigenvalue weighted by atomic mass is 9.94. The molecule has 2 aromatic heterocycles. The molecule has 0 saturated carbocycles. The molecular formula is C15H18N4OS. The van der Waals surface area contributed by atoms with Crippen LogP contribution in [0, 0.1) is 6.92 Å². The van der Waals surface area contributed by atoms with Crippen LogP contribution in [0.3, 0.4) is 0 Å². The maximum absolute atomic E-state index is 12.5. The first-order valence-corrected chi connectivity index (χ1v) is 7.87. The lowest BCUT2D eigenvalue weighted by Gasteiger charge is -2.24. The van der Waals surface area contributed by atoms with Gasteiger partial charge in [-0.15, -0.1) is 11.3 Å². The van der Waals surface area contributed by atoms with Crippen molar-refractivity contribution in [2.24, 2.45) is 5.84 Å². The minimum Gasteiger partial charge on any atom is -0.345 e. The van der Waals surface area contributed by atoms with Gasteiger partial charge < -0.3 is 10.7 Å². The van der Waals surface area contributed by atoms with Gasteiger partial charge in [0.25, 0.3) is 5.91 Å². The SMILES string of the molecule is Cc1cc(NN)c(C(=O)NC2CCCc3sccc32)cn1. The third-order valence-corrected chi connectivity index (χ3v) is 4.79. The van der Waals surface area contributed by atoms with Crippen LogP contribution in [0.4, 0.5) is 5.69 Å². The topological polar surface area (TPSA) is 80.0 Å². The molecule has 5 nitrogen and oxygen atoms in total. The number of nitrogen functional groups attached to an aromatic ring is 1. The van der Waals surface area contributed by atoms with Gasteiger partial charge in [0.15, 0.2) is 0 Å². The van der Waals surface area contributed by atoms with Crippen molar-refractivity contribution in [3.8, 4) is 0 Å². The second-order valence-corrected chi connectivity index (χ2v) is 6.23. The summed E-state index contributed by atoms with van der Waals surface area (Å²) in [4.78, 5) is 18.1. The number of hydrogen-bond acceptors (Lipinski definition) is 5. The van der Waals surface area contributed by atoms with Crippen molar-refractivity contribution in [3.63, 3.8) is 0 Å². The molecule has 1 amide bonds. The number of fused-ring (bicyclic) bond motifs is 1. The molecule has 0 saturated heterocycles. The van der Waals surface area contributed by atoms with E-state index in [1.807, 2.05) is 6.92 Å². The van der Waals surface area contributed by atoms with E-state index in [1.54, 1.807) is 23.6 Å². The van der Waals surface area contributed by atoms with Crippen LogP contribution >= 0.6 is 11.3 Å². The van der Waals surface area contributed by atoms with Crippen molar-refractivity contribution < 1.29 is 4.79 Å². The number of amides is 1. The van der Waals surface area contributed by atoms with E-state index in [0.29, 0.717) is 11.3 Å². The van der Waals surface area contributed by atoms with Crippen LogP contribution in [-0.4, -0.2) is 10.9 Å². The van der Waals surface area contributed by atoms with E-state index in [0.717, 1.165) is 25.0 Å². The van der Waals surface area contributed by atoms with Crippen LogP contribution in [0.5, 0.6) is 0 Å². The van der Waals surface area contributed by atoms with E-state index in [-0.39, 0.29) is 11.9 Å². The van der Waals surface area contributed by atoms with Crippen molar-refractivity contribution in [2.75, 3.05) is 5.43 Å². The lowest BCUT2D eigenvalue weighted by Crippen LogP contribution is -2.31. The smallest absolute Gasteiger partial charge is 0.255 e. The number of carbonyl (C=O) groups is 1. The molecule has 0 radical (unpaired) electrons. The molecule has 1 atom stereocenters. The third-order valence-electron chi connectivity index (χ3n) is 3.80. The average Bonchev–Trinajstić information content (AvgIpc) is 2.96. The van der Waals surface area contributed by atoms with Crippen LogP contribution in [-0.2, 0) is 6.42 Å². The van der Waals surface area contributed by atoms with E-state index in [2.05, 4.69) is 27.2 Å². The Bertz CT molecular complexity index is 667. The Morgan fingerprint density at radius 1 is 1.52 bits per heavy atom. The molecule has 4 N–H and O–H groups in total. The van der Waals surface area contributed by atoms with Crippen LogP contribution in [0.2, 0.25) is 0 Å². The van der Waals surface area contributed by atoms with Gasteiger partial charge in [-0.2, -0.15) is 0 Å². The van der Waals surface area contributed by atoms with Gasteiger partial charge in [-0.1, -0.05) is 0 Å². The number of aromatic nitrogens is 1. The van der Waals surface area contributed by atoms with Crippen LogP contribution in [0.1, 0.15) is 45.4 Å². The summed E-state index contributed by atoms with van der Waals surface area (Å²) < 4.78 is 0. The standard InChI is InChI=1S/C15H18N4OS/c1-9-7-13(19-16)11(8-17-9)15(20)18-12-3-2-4-14-10(12)5-6-21-14/h5-8,12H,2-4,16H2,1H3,(H,17,19)(H,18,20). The van der Waals surface area contributed by atoms with Crippen LogP contribution < -0.4 is 16.6 Å². The zero-order chi connectivity index (χ0) is 14.8. The van der Waals surface area contributed by atoms with E-state index >= 15 is 0 Å². The van der Waals surface area contributed by atoms with Gasteiger partial charge in [0.1, 0.15) is 0 Å². The number of pyridine rings is 1. The molecule has 1 aliphatic rings. The van der Waals surface area contributed by atoms with Crippen molar-refractivity contribution in [3.05, 3.63) is 45.4 Å². The quantitative estimate of drug-likeness (QED) is 0.601. The van der Waals surface area contributed by atoms with Crippen molar-refractivity contribution >= 4 is 22.9 Å². The second kappa shape index (κ2) is 5.83. The molecule has 110 valence electrons. The van der Waals surface area contributed by atoms with Crippen molar-refractivity contribution in [1.29, 1.82) is 0 Å². The lowest BCUT2D eigenvalue weighted by molar-refractivity contribution is 0.0933. The number of hydrazine groups is 1. The Balaban J connectivity index is 1.82. The number of rotatable bonds is 3. The highest BCUT2D eigenvalue weighted by Gasteiger charge is 2.24. The largest absolute Gasteiger partial charge is 0.345 e. The number of hydrogen-bond donors (Lipinski definition) is 3. The van der Waals surface area contributed by atoms with Gasteiger partial charge in [-0.25, -0.2) is 0 Å². The predicted molar refractivity (Wildman–Crippen MR) is 84.2 cm³/mol. The van der Waals surface area contributed by atoms with Gasteiger partial charge in [-0.3, -0.25) is 15.6 Å². The van der Waals surface area contributed by atoms with Gasteiger partial charge in [0, 0.05) is 16.8 Å². The highest BCUT2D eigenvalue weighted by Crippen LogP contribution is 2.33. The Labute approximate surface area is 127 Å². The first kappa shape index (κ1) is 14.0. The molecule has 0 fully saturated rings. The molecule has 0 bridgehead atoms. The summed E-state index contributed by atoms with van der Waals surface area (Å²) in [5.41, 5.74) is 5.71. The summed E-state index contributed by atoms with van der Waals surface area (Å²) in [7, 11) is 0. The molecule has 0 spiro atoms. The van der Waals surface area contributed by atoms with Crippen LogP contribution in [0.25, 0.3) is 0 Å². The molecule has 2 heterocycles. The molecule has 6 heteroatoms. The molecule has 21 heavy (non-hydrogen) atoms. The highest BCUT2D eigenvalue weighted by atomic mass is 32.1. The molecule has 1 unspecified atom stereocenters. The number of aryl methyl sites for hydroxylation is 2. The van der Waals surface area contributed by atoms with E-state index < -0.39 is 0 Å². The summed E-state index contributed by atoms with van der Waals surface area (Å²) in [6, 6.07) is 3.96. The number of carbonyl (C=O) groups excluding carboxylic acids is 1. The summed E-state index contributed by atoms with van der Waals surface area (Å²) in [5.74, 6) is 5.36. The fourth-order valence-electron chi connectivity index (χ4n) is 2.73. The molecular weight excluding hydrogens is 284 g/mol. The molecule has 0 aliphatic heterocycles. The first-order valence-electron chi connectivity index (χ1n) is 6.99. The average molecular weight is 302 g/mol. The monoisotopic (exact) mass is 302 g/mol. The minimum absolute atomic E-state index is 0.0828. The fraction of sp³-hybridized carbons (Fsp3) is 0.333. The third kappa shape index (κ3) is 2.77. The first-order chi connectivity index (χ1) is 10.2. The van der Waals surface area contributed by atoms with Gasteiger partial charge in [-0.05, 0) is 49.3 Å². The van der Waals surface area contributed by atoms with Crippen LogP contribution in [0.15, 0.2) is 23.7 Å². The highest BCUT2D eigenvalue weighted by molar-refractivity contribution is 7.10. The van der Waals surface area contributed by atoms with E-state index in [1.165, 1.54) is 10.4 Å². The molecule has 0 aromatic carbocycles. The normalized spacial score (nSPS) is 17.1. The van der Waals surface area contributed by atoms with Gasteiger partial charge >= 0.3 is 0 Å². The van der Waals surface area contributed by atoms with Gasteiger partial charge in [0.2, 0.25) is 0 Å². The van der Waals surface area contributed by atoms with Crippen molar-refractivity contribution in [2.45, 2.75) is 32.2 Å². The number of nitrogens with zero attached hydrogens (tertiary/aromatic N) is 1. The Morgan fingerprint density at radius 3 is 3.19 bits per heavy atom. The summed E-state index contributed by atoms with van der Waals surface area (Å²) in [5, 5.41) is 5.20. The van der Waals surface area contributed by atoms with E-state index in [4.69, 9.17) is 5.84 Å². The molecule has 3 rings (SSSR count). The molecule has 2 aromatic rings. The number of nitrogens with two attached hydrogens (primary N) is 1. The molecule has 1 aliphatic carbocycles. The maximum Gasteiger partial charge on any atom is 0.255 e. The number of thiophene rings is 1. The number of nitrogens with one attached hydrogen (secondary N) is 2. The Hall–Kier alpha value is -1.92. The van der Waals surface area contributed by atoms with Crippen molar-refractivity contribution in [1.82, 2.24) is 10.3 Å². The fourth-order valence-corrected chi connectivity index (χ4v) is 3.72. The number of anilines is 1. The second-order valence-electron chi connectivity index (χ2n) is 5.23. The maximum atomic E-state index is 12.5.